The maximum Gasteiger partial charge on any atom is 0.0763 e. The summed E-state index contributed by atoms with van der Waals surface area (Å²) >= 11 is 12.0. The zero-order valence-corrected chi connectivity index (χ0v) is 9.31. The number of nitrogens with one attached hydrogen (secondary N) is 1. The maximum atomic E-state index is 6.02. The summed E-state index contributed by atoms with van der Waals surface area (Å²) < 4.78 is 0. The average molecular weight is 237 g/mol. The topological polar surface area (TPSA) is 12.0 Å². The first-order chi connectivity index (χ1) is 7.27. The smallest absolute Gasteiger partial charge is 0.0763 e. The summed E-state index contributed by atoms with van der Waals surface area (Å²) in [6, 6.07) is 16.0. The summed E-state index contributed by atoms with van der Waals surface area (Å²) in [4.78, 5) is 0. The number of anilines is 2. The molecule has 0 amide bonds. The van der Waals surface area contributed by atoms with Crippen molar-refractivity contribution in [1.82, 2.24) is 0 Å². The van der Waals surface area contributed by atoms with Gasteiger partial charge in [-0.3, -0.25) is 0 Å². The van der Waals surface area contributed by atoms with Crippen molar-refractivity contribution in [2.24, 2.45) is 0 Å². The zero-order chi connectivity index (χ0) is 10.7. The largest absolute Gasteiger partial charge is 0.353 e. The van der Waals surface area contributed by atoms with Crippen molar-refractivity contribution in [1.29, 1.82) is 0 Å². The minimum absolute atomic E-state index is 0.597. The van der Waals surface area contributed by atoms with E-state index in [9.17, 15) is 0 Å². The minimum Gasteiger partial charge on any atom is -0.353 e. The molecule has 0 aliphatic heterocycles. The second kappa shape index (κ2) is 4.56. The molecule has 0 atom stereocenters. The molecular formula is C12H8Cl2N. The number of hydrogen-bond donors (Lipinski definition) is 1. The average Bonchev–Trinajstić information content (AvgIpc) is 2.25. The van der Waals surface area contributed by atoms with Crippen molar-refractivity contribution in [3.8, 4) is 0 Å². The van der Waals surface area contributed by atoms with Crippen LogP contribution in [0.25, 0.3) is 0 Å². The van der Waals surface area contributed by atoms with Gasteiger partial charge in [-0.15, -0.1) is 0 Å². The van der Waals surface area contributed by atoms with E-state index in [1.807, 2.05) is 30.3 Å². The molecule has 0 fully saturated rings. The molecule has 2 aromatic carbocycles. The third kappa shape index (κ3) is 2.44. The maximum absolute atomic E-state index is 6.02. The van der Waals surface area contributed by atoms with Crippen LogP contribution in [0, 0.1) is 6.07 Å². The third-order valence-electron chi connectivity index (χ3n) is 1.93. The lowest BCUT2D eigenvalue weighted by Crippen LogP contribution is -1.91. The van der Waals surface area contributed by atoms with Crippen LogP contribution in [0.4, 0.5) is 11.4 Å². The van der Waals surface area contributed by atoms with Gasteiger partial charge in [-0.05, 0) is 18.2 Å². The SMILES string of the molecule is Clc1cccc(Cl)c1Nc1[c]cccc1. The molecule has 0 unspecified atom stereocenters. The highest BCUT2D eigenvalue weighted by Gasteiger charge is 2.04. The van der Waals surface area contributed by atoms with E-state index in [4.69, 9.17) is 23.2 Å². The third-order valence-corrected chi connectivity index (χ3v) is 2.56. The summed E-state index contributed by atoms with van der Waals surface area (Å²) in [5.41, 5.74) is 1.55. The number of halogens is 2. The Bertz CT molecular complexity index is 434. The first-order valence-corrected chi connectivity index (χ1v) is 5.21. The molecule has 15 heavy (non-hydrogen) atoms. The van der Waals surface area contributed by atoms with Crippen LogP contribution in [0.1, 0.15) is 0 Å². The lowest BCUT2D eigenvalue weighted by molar-refractivity contribution is 1.54. The molecule has 1 radical (unpaired) electrons. The van der Waals surface area contributed by atoms with E-state index >= 15 is 0 Å². The highest BCUT2D eigenvalue weighted by molar-refractivity contribution is 6.39. The Morgan fingerprint density at radius 2 is 1.67 bits per heavy atom. The van der Waals surface area contributed by atoms with Crippen LogP contribution in [-0.2, 0) is 0 Å². The fraction of sp³-hybridized carbons (Fsp3) is 0. The summed E-state index contributed by atoms with van der Waals surface area (Å²) in [6.45, 7) is 0. The molecule has 2 rings (SSSR count). The van der Waals surface area contributed by atoms with E-state index in [0.717, 1.165) is 5.69 Å². The molecule has 0 heterocycles. The molecule has 0 aliphatic carbocycles. The molecule has 0 spiro atoms. The second-order valence-corrected chi connectivity index (χ2v) is 3.81. The first kappa shape index (κ1) is 10.3. The Morgan fingerprint density at radius 3 is 2.27 bits per heavy atom. The lowest BCUT2D eigenvalue weighted by atomic mass is 10.2. The van der Waals surface area contributed by atoms with Crippen LogP contribution in [0.2, 0.25) is 10.0 Å². The number of benzene rings is 2. The van der Waals surface area contributed by atoms with Crippen LogP contribution in [0.5, 0.6) is 0 Å². The Hall–Kier alpha value is -1.18. The van der Waals surface area contributed by atoms with Gasteiger partial charge in [0.1, 0.15) is 0 Å². The van der Waals surface area contributed by atoms with Gasteiger partial charge >= 0.3 is 0 Å². The normalized spacial score (nSPS) is 10.0. The van der Waals surface area contributed by atoms with Crippen molar-refractivity contribution < 1.29 is 0 Å². The fourth-order valence-electron chi connectivity index (χ4n) is 1.22. The van der Waals surface area contributed by atoms with Gasteiger partial charge in [0.15, 0.2) is 0 Å². The van der Waals surface area contributed by atoms with Gasteiger partial charge < -0.3 is 5.32 Å². The van der Waals surface area contributed by atoms with Gasteiger partial charge in [0.2, 0.25) is 0 Å². The Kier molecular flexibility index (Phi) is 3.14. The summed E-state index contributed by atoms with van der Waals surface area (Å²) in [6.07, 6.45) is 0. The molecule has 2 aromatic rings. The van der Waals surface area contributed by atoms with Gasteiger partial charge in [0.25, 0.3) is 0 Å². The quantitative estimate of drug-likeness (QED) is 0.808. The highest BCUT2D eigenvalue weighted by atomic mass is 35.5. The van der Waals surface area contributed by atoms with E-state index < -0.39 is 0 Å². The molecular weight excluding hydrogens is 229 g/mol. The van der Waals surface area contributed by atoms with Crippen LogP contribution in [0.15, 0.2) is 42.5 Å². The molecule has 1 nitrogen and oxygen atoms in total. The van der Waals surface area contributed by atoms with Crippen LogP contribution in [0.3, 0.4) is 0 Å². The van der Waals surface area contributed by atoms with Gasteiger partial charge in [0, 0.05) is 11.8 Å². The Labute approximate surface area is 98.6 Å². The van der Waals surface area contributed by atoms with Gasteiger partial charge in [-0.2, -0.15) is 0 Å². The first-order valence-electron chi connectivity index (χ1n) is 4.45. The predicted octanol–water partition coefficient (Wildman–Crippen LogP) is 4.54. The van der Waals surface area contributed by atoms with E-state index in [1.54, 1.807) is 12.1 Å². The number of para-hydroxylation sites is 2. The molecule has 0 saturated heterocycles. The molecule has 75 valence electrons. The van der Waals surface area contributed by atoms with Crippen molar-refractivity contribution in [2.45, 2.75) is 0 Å². The standard InChI is InChI=1S/C12H8Cl2N/c13-10-7-4-8-11(14)12(10)15-9-5-2-1-3-6-9/h1-5,7-8,15H. The summed E-state index contributed by atoms with van der Waals surface area (Å²) in [7, 11) is 0. The minimum atomic E-state index is 0.597. The molecule has 3 heteroatoms. The number of rotatable bonds is 2. The van der Waals surface area contributed by atoms with Crippen molar-refractivity contribution in [3.63, 3.8) is 0 Å². The van der Waals surface area contributed by atoms with Crippen LogP contribution >= 0.6 is 23.2 Å². The molecule has 0 aliphatic rings. The number of hydrogen-bond acceptors (Lipinski definition) is 1. The predicted molar refractivity (Wildman–Crippen MR) is 65.0 cm³/mol. The zero-order valence-electron chi connectivity index (χ0n) is 7.80. The van der Waals surface area contributed by atoms with E-state index in [-0.39, 0.29) is 0 Å². The lowest BCUT2D eigenvalue weighted by Gasteiger charge is -2.09. The fourth-order valence-corrected chi connectivity index (χ4v) is 1.71. The van der Waals surface area contributed by atoms with E-state index in [1.165, 1.54) is 0 Å². The molecule has 0 aromatic heterocycles. The monoisotopic (exact) mass is 236 g/mol. The van der Waals surface area contributed by atoms with Gasteiger partial charge in [0.05, 0.1) is 15.7 Å². The van der Waals surface area contributed by atoms with E-state index in [2.05, 4.69) is 11.4 Å². The van der Waals surface area contributed by atoms with Crippen molar-refractivity contribution in [3.05, 3.63) is 58.6 Å². The van der Waals surface area contributed by atoms with E-state index in [0.29, 0.717) is 15.7 Å². The molecule has 0 bridgehead atoms. The highest BCUT2D eigenvalue weighted by Crippen LogP contribution is 2.32. The second-order valence-electron chi connectivity index (χ2n) is 3.00. The van der Waals surface area contributed by atoms with Gasteiger partial charge in [-0.25, -0.2) is 0 Å². The van der Waals surface area contributed by atoms with Gasteiger partial charge in [-0.1, -0.05) is 47.5 Å². The van der Waals surface area contributed by atoms with Crippen LogP contribution in [-0.4, -0.2) is 0 Å². The van der Waals surface area contributed by atoms with Crippen molar-refractivity contribution >= 4 is 34.6 Å². The van der Waals surface area contributed by atoms with Crippen molar-refractivity contribution in [2.75, 3.05) is 5.32 Å². The summed E-state index contributed by atoms with van der Waals surface area (Å²) in [5, 5.41) is 4.32. The molecule has 1 N–H and O–H groups in total. The van der Waals surface area contributed by atoms with Crippen LogP contribution < -0.4 is 5.32 Å². The Balaban J connectivity index is 2.32. The summed E-state index contributed by atoms with van der Waals surface area (Å²) in [5.74, 6) is 0. The Morgan fingerprint density at radius 1 is 0.933 bits per heavy atom. The molecule has 0 saturated carbocycles.